The molecular weight excluding hydrogens is 386 g/mol. The lowest BCUT2D eigenvalue weighted by atomic mass is 10.0. The standard InChI is InChI=1S/C17H14N2O2.C9H13N/c1-18-17(21)14-12-9-5-6-10-13(12)19-15(16(14)20)11-7-3-2-4-8-11;1-3-8(2)9-4-6-10-7-5-9/h2-10,20H,1H3,(H,18,21);4-8H,3H2,1-2H3. The van der Waals surface area contributed by atoms with E-state index in [1.54, 1.807) is 13.1 Å². The zero-order valence-corrected chi connectivity index (χ0v) is 18.0. The number of amides is 1. The Kier molecular flexibility index (Phi) is 7.33. The first-order valence-corrected chi connectivity index (χ1v) is 10.4. The first-order valence-electron chi connectivity index (χ1n) is 10.4. The molecule has 1 atom stereocenters. The molecule has 0 aliphatic carbocycles. The van der Waals surface area contributed by atoms with Crippen molar-refractivity contribution < 1.29 is 9.90 Å². The fourth-order valence-corrected chi connectivity index (χ4v) is 3.28. The van der Waals surface area contributed by atoms with Crippen molar-refractivity contribution in [2.75, 3.05) is 7.05 Å². The highest BCUT2D eigenvalue weighted by Crippen LogP contribution is 2.35. The third-order valence-corrected chi connectivity index (χ3v) is 5.26. The van der Waals surface area contributed by atoms with Gasteiger partial charge >= 0.3 is 0 Å². The van der Waals surface area contributed by atoms with Gasteiger partial charge in [-0.2, -0.15) is 0 Å². The number of hydrogen-bond donors (Lipinski definition) is 2. The van der Waals surface area contributed by atoms with E-state index < -0.39 is 0 Å². The lowest BCUT2D eigenvalue weighted by Gasteiger charge is -2.12. The Morgan fingerprint density at radius 1 is 1.00 bits per heavy atom. The Morgan fingerprint density at radius 3 is 2.29 bits per heavy atom. The van der Waals surface area contributed by atoms with Crippen LogP contribution < -0.4 is 5.32 Å². The maximum atomic E-state index is 12.1. The summed E-state index contributed by atoms with van der Waals surface area (Å²) in [5, 5.41) is 13.7. The minimum Gasteiger partial charge on any atom is -0.505 e. The molecule has 4 aromatic rings. The number of fused-ring (bicyclic) bond motifs is 1. The molecule has 2 aromatic heterocycles. The number of nitrogens with zero attached hydrogens (tertiary/aromatic N) is 2. The number of aromatic nitrogens is 2. The van der Waals surface area contributed by atoms with E-state index in [1.165, 1.54) is 12.0 Å². The Morgan fingerprint density at radius 2 is 1.65 bits per heavy atom. The van der Waals surface area contributed by atoms with Crippen LogP contribution in [0, 0.1) is 0 Å². The van der Waals surface area contributed by atoms with Gasteiger partial charge in [0.25, 0.3) is 5.91 Å². The highest BCUT2D eigenvalue weighted by Gasteiger charge is 2.20. The quantitative estimate of drug-likeness (QED) is 0.459. The SMILES string of the molecule is CCC(C)c1ccncc1.CNC(=O)c1c(O)c(-c2ccccc2)nc2ccccc12. The zero-order chi connectivity index (χ0) is 22.2. The summed E-state index contributed by atoms with van der Waals surface area (Å²) in [6, 6.07) is 20.8. The van der Waals surface area contributed by atoms with Crippen LogP contribution in [-0.4, -0.2) is 28.0 Å². The number of nitrogens with one attached hydrogen (secondary N) is 1. The van der Waals surface area contributed by atoms with E-state index in [2.05, 4.69) is 41.3 Å². The number of hydrogen-bond acceptors (Lipinski definition) is 4. The van der Waals surface area contributed by atoms with Crippen LogP contribution in [0.3, 0.4) is 0 Å². The molecule has 0 aliphatic heterocycles. The van der Waals surface area contributed by atoms with E-state index in [4.69, 9.17) is 0 Å². The number of carbonyl (C=O) groups is 1. The molecule has 158 valence electrons. The predicted molar refractivity (Wildman–Crippen MR) is 125 cm³/mol. The fourth-order valence-electron chi connectivity index (χ4n) is 3.28. The van der Waals surface area contributed by atoms with Gasteiger partial charge in [0.1, 0.15) is 5.69 Å². The summed E-state index contributed by atoms with van der Waals surface area (Å²) in [5.41, 5.74) is 3.49. The number of carbonyl (C=O) groups excluding carboxylic acids is 1. The number of benzene rings is 2. The van der Waals surface area contributed by atoms with Crippen molar-refractivity contribution in [3.63, 3.8) is 0 Å². The minimum atomic E-state index is -0.330. The topological polar surface area (TPSA) is 75.1 Å². The van der Waals surface area contributed by atoms with E-state index in [9.17, 15) is 9.90 Å². The maximum Gasteiger partial charge on any atom is 0.255 e. The van der Waals surface area contributed by atoms with Crippen molar-refractivity contribution >= 4 is 16.8 Å². The molecule has 0 saturated carbocycles. The molecule has 0 radical (unpaired) electrons. The molecular formula is C26H27N3O2. The van der Waals surface area contributed by atoms with Gasteiger partial charge in [0.15, 0.2) is 5.75 Å². The highest BCUT2D eigenvalue weighted by molar-refractivity contribution is 6.10. The monoisotopic (exact) mass is 413 g/mol. The second-order valence-corrected chi connectivity index (χ2v) is 7.24. The third-order valence-electron chi connectivity index (χ3n) is 5.26. The summed E-state index contributed by atoms with van der Waals surface area (Å²) in [7, 11) is 1.54. The Bertz CT molecular complexity index is 1150. The van der Waals surface area contributed by atoms with Crippen LogP contribution in [0.15, 0.2) is 79.1 Å². The van der Waals surface area contributed by atoms with Crippen LogP contribution in [0.5, 0.6) is 5.75 Å². The molecule has 1 unspecified atom stereocenters. The summed E-state index contributed by atoms with van der Waals surface area (Å²) >= 11 is 0. The molecule has 5 heteroatoms. The van der Waals surface area contributed by atoms with Crippen LogP contribution in [0.25, 0.3) is 22.2 Å². The van der Waals surface area contributed by atoms with Crippen LogP contribution in [0.4, 0.5) is 0 Å². The van der Waals surface area contributed by atoms with Crippen LogP contribution >= 0.6 is 0 Å². The van der Waals surface area contributed by atoms with Crippen molar-refractivity contribution in [3.05, 3.63) is 90.3 Å². The van der Waals surface area contributed by atoms with E-state index in [0.29, 0.717) is 22.5 Å². The maximum absolute atomic E-state index is 12.1. The van der Waals surface area contributed by atoms with Crippen molar-refractivity contribution in [2.45, 2.75) is 26.2 Å². The molecule has 4 rings (SSSR count). The molecule has 0 aliphatic rings. The summed E-state index contributed by atoms with van der Waals surface area (Å²) < 4.78 is 0. The number of para-hydroxylation sites is 1. The number of rotatable bonds is 4. The molecule has 5 nitrogen and oxygen atoms in total. The molecule has 0 fully saturated rings. The van der Waals surface area contributed by atoms with Gasteiger partial charge in [-0.15, -0.1) is 0 Å². The van der Waals surface area contributed by atoms with Crippen LogP contribution in [0.1, 0.15) is 42.1 Å². The largest absolute Gasteiger partial charge is 0.505 e. The first kappa shape index (κ1) is 22.0. The molecule has 2 aromatic carbocycles. The molecule has 0 bridgehead atoms. The third kappa shape index (κ3) is 5.07. The second kappa shape index (κ2) is 10.3. The molecule has 0 spiro atoms. The summed E-state index contributed by atoms with van der Waals surface area (Å²) in [6.07, 6.45) is 4.90. The normalized spacial score (nSPS) is 11.3. The Labute approximate surface area is 182 Å². The second-order valence-electron chi connectivity index (χ2n) is 7.24. The molecule has 2 heterocycles. The van der Waals surface area contributed by atoms with Gasteiger partial charge in [0, 0.05) is 30.4 Å². The van der Waals surface area contributed by atoms with Gasteiger partial charge in [0.2, 0.25) is 0 Å². The average Bonchev–Trinajstić information content (AvgIpc) is 2.84. The summed E-state index contributed by atoms with van der Waals surface area (Å²) in [5.74, 6) is 0.241. The average molecular weight is 414 g/mol. The number of aromatic hydroxyl groups is 1. The summed E-state index contributed by atoms with van der Waals surface area (Å²) in [6.45, 7) is 4.43. The van der Waals surface area contributed by atoms with Crippen LogP contribution in [-0.2, 0) is 0 Å². The lowest BCUT2D eigenvalue weighted by molar-refractivity contribution is 0.0962. The van der Waals surface area contributed by atoms with Gasteiger partial charge in [-0.3, -0.25) is 9.78 Å². The van der Waals surface area contributed by atoms with Gasteiger partial charge in [-0.1, -0.05) is 62.4 Å². The fraction of sp³-hybridized carbons (Fsp3) is 0.192. The Balaban J connectivity index is 0.000000229. The molecule has 0 saturated heterocycles. The van der Waals surface area contributed by atoms with Crippen molar-refractivity contribution in [1.29, 1.82) is 0 Å². The first-order chi connectivity index (χ1) is 15.1. The lowest BCUT2D eigenvalue weighted by Crippen LogP contribution is -2.18. The number of pyridine rings is 2. The van der Waals surface area contributed by atoms with Crippen LogP contribution in [0.2, 0.25) is 0 Å². The zero-order valence-electron chi connectivity index (χ0n) is 18.0. The van der Waals surface area contributed by atoms with Gasteiger partial charge < -0.3 is 10.4 Å². The molecule has 1 amide bonds. The minimum absolute atomic E-state index is 0.0979. The predicted octanol–water partition coefficient (Wildman–Crippen LogP) is 5.56. The van der Waals surface area contributed by atoms with Gasteiger partial charge in [-0.05, 0) is 36.1 Å². The van der Waals surface area contributed by atoms with Crippen molar-refractivity contribution in [2.24, 2.45) is 0 Å². The van der Waals surface area contributed by atoms with E-state index in [-0.39, 0.29) is 17.2 Å². The molecule has 2 N–H and O–H groups in total. The van der Waals surface area contributed by atoms with E-state index in [0.717, 1.165) is 5.56 Å². The Hall–Kier alpha value is -3.73. The highest BCUT2D eigenvalue weighted by atomic mass is 16.3. The summed E-state index contributed by atoms with van der Waals surface area (Å²) in [4.78, 5) is 20.6. The smallest absolute Gasteiger partial charge is 0.255 e. The van der Waals surface area contributed by atoms with Crippen molar-refractivity contribution in [3.8, 4) is 17.0 Å². The van der Waals surface area contributed by atoms with Gasteiger partial charge in [0.05, 0.1) is 11.1 Å². The molecule has 31 heavy (non-hydrogen) atoms. The van der Waals surface area contributed by atoms with E-state index >= 15 is 0 Å². The van der Waals surface area contributed by atoms with E-state index in [1.807, 2.05) is 60.9 Å². The van der Waals surface area contributed by atoms with Crippen molar-refractivity contribution in [1.82, 2.24) is 15.3 Å². The van der Waals surface area contributed by atoms with Gasteiger partial charge in [-0.25, -0.2) is 4.98 Å².